The van der Waals surface area contributed by atoms with Gasteiger partial charge in [0.25, 0.3) is 10.9 Å². The Hall–Kier alpha value is -0.690. The lowest BCUT2D eigenvalue weighted by molar-refractivity contribution is -0.384. The van der Waals surface area contributed by atoms with Crippen LogP contribution in [-0.2, 0) is 0 Å². The highest BCUT2D eigenvalue weighted by atomic mass is 127. The zero-order valence-corrected chi connectivity index (χ0v) is 9.07. The summed E-state index contributed by atoms with van der Waals surface area (Å²) in [6, 6.07) is 3.89. The van der Waals surface area contributed by atoms with Crippen LogP contribution < -0.4 is 0 Å². The van der Waals surface area contributed by atoms with Gasteiger partial charge in [-0.3, -0.25) is 14.9 Å². The van der Waals surface area contributed by atoms with Crippen molar-refractivity contribution in [1.29, 1.82) is 0 Å². The summed E-state index contributed by atoms with van der Waals surface area (Å²) in [5.41, 5.74) is 0.235. The molecule has 0 aliphatic heterocycles. The van der Waals surface area contributed by atoms with E-state index in [1.54, 1.807) is 0 Å². The van der Waals surface area contributed by atoms with Crippen molar-refractivity contribution in [1.82, 2.24) is 0 Å². The molecular formula is C7H3ClINO3. The summed E-state index contributed by atoms with van der Waals surface area (Å²) in [5, 5.41) is 9.71. The summed E-state index contributed by atoms with van der Waals surface area (Å²) in [5.74, 6) is 0. The Morgan fingerprint density at radius 3 is 2.54 bits per heavy atom. The van der Waals surface area contributed by atoms with E-state index in [9.17, 15) is 14.9 Å². The Bertz CT molecular complexity index is 380. The van der Waals surface area contributed by atoms with Gasteiger partial charge < -0.3 is 0 Å². The molecule has 1 aromatic rings. The van der Waals surface area contributed by atoms with Gasteiger partial charge in [-0.25, -0.2) is 0 Å². The highest BCUT2D eigenvalue weighted by Gasteiger charge is 2.12. The Morgan fingerprint density at radius 1 is 1.54 bits per heavy atom. The number of nitro benzene ring substituents is 1. The third-order valence-electron chi connectivity index (χ3n) is 1.38. The van der Waals surface area contributed by atoms with Crippen LogP contribution in [0, 0.1) is 13.7 Å². The van der Waals surface area contributed by atoms with Crippen LogP contribution in [0.3, 0.4) is 0 Å². The number of hydrogen-bond donors (Lipinski definition) is 0. The number of non-ortho nitro benzene ring substituents is 1. The molecule has 0 saturated carbocycles. The first-order valence-corrected chi connectivity index (χ1v) is 4.62. The van der Waals surface area contributed by atoms with Gasteiger partial charge in [0.2, 0.25) is 0 Å². The van der Waals surface area contributed by atoms with Crippen molar-refractivity contribution in [2.24, 2.45) is 0 Å². The Morgan fingerprint density at radius 2 is 2.15 bits per heavy atom. The van der Waals surface area contributed by atoms with Crippen LogP contribution in [-0.4, -0.2) is 10.2 Å². The smallest absolute Gasteiger partial charge is 0.270 e. The predicted octanol–water partition coefficient (Wildman–Crippen LogP) is 2.58. The summed E-state index contributed by atoms with van der Waals surface area (Å²) in [7, 11) is 0. The fourth-order valence-electron chi connectivity index (χ4n) is 0.777. The Kier molecular flexibility index (Phi) is 3.21. The van der Waals surface area contributed by atoms with Gasteiger partial charge in [-0.1, -0.05) is 0 Å². The van der Waals surface area contributed by atoms with Gasteiger partial charge in [0.15, 0.2) is 0 Å². The fraction of sp³-hybridized carbons (Fsp3) is 0. The summed E-state index contributed by atoms with van der Waals surface area (Å²) in [6.45, 7) is 0. The highest BCUT2D eigenvalue weighted by molar-refractivity contribution is 14.1. The first kappa shape index (κ1) is 10.4. The van der Waals surface area contributed by atoms with Crippen molar-refractivity contribution in [3.63, 3.8) is 0 Å². The molecule has 68 valence electrons. The Balaban J connectivity index is 3.20. The van der Waals surface area contributed by atoms with E-state index in [0.717, 1.165) is 0 Å². The lowest BCUT2D eigenvalue weighted by Crippen LogP contribution is -1.95. The van der Waals surface area contributed by atoms with E-state index < -0.39 is 10.2 Å². The zero-order chi connectivity index (χ0) is 10.0. The SMILES string of the molecule is O=C(Cl)c1ccc([N+](=O)[O-])cc1I. The standard InChI is InChI=1S/C7H3ClINO3/c8-7(11)5-2-1-4(10(12)13)3-6(5)9/h1-3H. The van der Waals surface area contributed by atoms with Crippen LogP contribution in [0.4, 0.5) is 5.69 Å². The molecule has 6 heteroatoms. The number of carbonyl (C=O) groups is 1. The third-order valence-corrected chi connectivity index (χ3v) is 2.47. The van der Waals surface area contributed by atoms with Crippen molar-refractivity contribution >= 4 is 45.1 Å². The van der Waals surface area contributed by atoms with Gasteiger partial charge in [0.1, 0.15) is 0 Å². The van der Waals surface area contributed by atoms with Gasteiger partial charge >= 0.3 is 0 Å². The van der Waals surface area contributed by atoms with Crippen LogP contribution in [0.2, 0.25) is 0 Å². The molecule has 0 saturated heterocycles. The van der Waals surface area contributed by atoms with E-state index in [-0.39, 0.29) is 11.3 Å². The lowest BCUT2D eigenvalue weighted by atomic mass is 10.2. The summed E-state index contributed by atoms with van der Waals surface area (Å²) in [6.07, 6.45) is 0. The van der Waals surface area contributed by atoms with Crippen LogP contribution in [0.1, 0.15) is 10.4 Å². The van der Waals surface area contributed by atoms with Gasteiger partial charge in [-0.05, 0) is 40.3 Å². The van der Waals surface area contributed by atoms with Crippen LogP contribution in [0.25, 0.3) is 0 Å². The monoisotopic (exact) mass is 311 g/mol. The molecule has 0 aliphatic carbocycles. The molecule has 0 atom stereocenters. The molecule has 13 heavy (non-hydrogen) atoms. The second-order valence-electron chi connectivity index (χ2n) is 2.19. The third kappa shape index (κ3) is 2.38. The minimum absolute atomic E-state index is 0.0499. The molecule has 0 heterocycles. The average molecular weight is 311 g/mol. The number of rotatable bonds is 2. The van der Waals surface area contributed by atoms with E-state index in [1.165, 1.54) is 18.2 Å². The van der Waals surface area contributed by atoms with Crippen LogP contribution >= 0.6 is 34.2 Å². The molecule has 0 spiro atoms. The second-order valence-corrected chi connectivity index (χ2v) is 3.70. The quantitative estimate of drug-likeness (QED) is 0.365. The number of nitrogens with zero attached hydrogens (tertiary/aromatic N) is 1. The maximum Gasteiger partial charge on any atom is 0.270 e. The molecule has 0 aromatic heterocycles. The largest absolute Gasteiger partial charge is 0.276 e. The number of carbonyl (C=O) groups excluding carboxylic acids is 1. The van der Waals surface area contributed by atoms with E-state index in [2.05, 4.69) is 0 Å². The molecule has 4 nitrogen and oxygen atoms in total. The molecule has 0 unspecified atom stereocenters. The van der Waals surface area contributed by atoms with Gasteiger partial charge in [0.05, 0.1) is 4.92 Å². The molecule has 0 aliphatic rings. The molecule has 1 rings (SSSR count). The Labute approximate surface area is 92.2 Å². The van der Waals surface area contributed by atoms with Gasteiger partial charge in [-0.15, -0.1) is 0 Å². The molecule has 1 aromatic carbocycles. The van der Waals surface area contributed by atoms with Crippen molar-refractivity contribution in [3.8, 4) is 0 Å². The maximum atomic E-state index is 10.7. The van der Waals surface area contributed by atoms with Crippen molar-refractivity contribution in [3.05, 3.63) is 37.4 Å². The van der Waals surface area contributed by atoms with Crippen molar-refractivity contribution < 1.29 is 9.72 Å². The van der Waals surface area contributed by atoms with Crippen molar-refractivity contribution in [2.45, 2.75) is 0 Å². The van der Waals surface area contributed by atoms with Crippen LogP contribution in [0.15, 0.2) is 18.2 Å². The second kappa shape index (κ2) is 4.01. The summed E-state index contributed by atoms with van der Waals surface area (Å²) in [4.78, 5) is 20.5. The summed E-state index contributed by atoms with van der Waals surface area (Å²) >= 11 is 7.05. The lowest BCUT2D eigenvalue weighted by Gasteiger charge is -1.97. The minimum atomic E-state index is -0.612. The van der Waals surface area contributed by atoms with Crippen LogP contribution in [0.5, 0.6) is 0 Å². The molecule has 0 fully saturated rings. The first-order chi connectivity index (χ1) is 6.02. The topological polar surface area (TPSA) is 60.2 Å². The number of hydrogen-bond acceptors (Lipinski definition) is 3. The molecule has 0 amide bonds. The predicted molar refractivity (Wildman–Crippen MR) is 56.0 cm³/mol. The fourth-order valence-corrected chi connectivity index (χ4v) is 1.84. The summed E-state index contributed by atoms with van der Waals surface area (Å²) < 4.78 is 0.479. The van der Waals surface area contributed by atoms with E-state index in [0.29, 0.717) is 3.57 Å². The van der Waals surface area contributed by atoms with Crippen molar-refractivity contribution in [2.75, 3.05) is 0 Å². The highest BCUT2D eigenvalue weighted by Crippen LogP contribution is 2.20. The normalized spacial score (nSPS) is 9.69. The molecule has 0 bridgehead atoms. The van der Waals surface area contributed by atoms with E-state index in [1.807, 2.05) is 22.6 Å². The molecule has 0 radical (unpaired) electrons. The molecular weight excluding hydrogens is 308 g/mol. The molecule has 0 N–H and O–H groups in total. The zero-order valence-electron chi connectivity index (χ0n) is 6.16. The minimum Gasteiger partial charge on any atom is -0.276 e. The number of halogens is 2. The van der Waals surface area contributed by atoms with Gasteiger partial charge in [-0.2, -0.15) is 0 Å². The van der Waals surface area contributed by atoms with Gasteiger partial charge in [0, 0.05) is 21.3 Å². The first-order valence-electron chi connectivity index (χ1n) is 3.16. The maximum absolute atomic E-state index is 10.7. The van der Waals surface area contributed by atoms with E-state index in [4.69, 9.17) is 11.6 Å². The average Bonchev–Trinajstić information content (AvgIpc) is 2.03. The van der Waals surface area contributed by atoms with E-state index >= 15 is 0 Å². The number of nitro groups is 1. The number of benzene rings is 1.